The summed E-state index contributed by atoms with van der Waals surface area (Å²) in [6.07, 6.45) is 3.52. The number of hydrogen-bond acceptors (Lipinski definition) is 5. The first-order valence-electron chi connectivity index (χ1n) is 9.02. The largest absolute Gasteiger partial charge is 0.355 e. The number of benzene rings is 1. The molecule has 8 heteroatoms. The molecule has 0 amide bonds. The molecule has 1 fully saturated rings. The molecule has 0 saturated carbocycles. The number of aryl methyl sites for hydroxylation is 1. The summed E-state index contributed by atoms with van der Waals surface area (Å²) in [5.41, 5.74) is 2.17. The third-order valence-electron chi connectivity index (χ3n) is 4.80. The molecule has 3 heterocycles. The summed E-state index contributed by atoms with van der Waals surface area (Å²) >= 11 is 5.86. The van der Waals surface area contributed by atoms with Crippen LogP contribution in [0.5, 0.6) is 0 Å². The van der Waals surface area contributed by atoms with Gasteiger partial charge in [-0.3, -0.25) is 0 Å². The molecule has 0 aliphatic carbocycles. The molecular formula is C19H21ClN4O2S. The van der Waals surface area contributed by atoms with Crippen LogP contribution < -0.4 is 4.90 Å². The number of fused-ring (bicyclic) bond motifs is 1. The summed E-state index contributed by atoms with van der Waals surface area (Å²) < 4.78 is 25.5. The summed E-state index contributed by atoms with van der Waals surface area (Å²) in [4.78, 5) is 14.9. The Kier molecular flexibility index (Phi) is 4.82. The van der Waals surface area contributed by atoms with Gasteiger partial charge in [-0.1, -0.05) is 11.6 Å². The Morgan fingerprint density at radius 2 is 1.81 bits per heavy atom. The predicted octanol–water partition coefficient (Wildman–Crippen LogP) is 3.88. The third-order valence-corrected chi connectivity index (χ3v) is 6.73. The Morgan fingerprint density at radius 1 is 1.11 bits per heavy atom. The maximum Gasteiger partial charge on any atom is 0.183 e. The number of piperidine rings is 1. The second-order valence-corrected chi connectivity index (χ2v) is 9.34. The molecule has 2 aromatic heterocycles. The van der Waals surface area contributed by atoms with Gasteiger partial charge < -0.3 is 9.88 Å². The van der Waals surface area contributed by atoms with Gasteiger partial charge in [0.15, 0.2) is 15.7 Å². The molecule has 0 spiro atoms. The average Bonchev–Trinajstić information content (AvgIpc) is 3.03. The second-order valence-electron chi connectivity index (χ2n) is 6.91. The maximum absolute atomic E-state index is 12.7. The monoisotopic (exact) mass is 404 g/mol. The summed E-state index contributed by atoms with van der Waals surface area (Å²) in [6.45, 7) is 3.79. The molecule has 1 saturated heterocycles. The Labute approximate surface area is 163 Å². The normalized spacial score (nSPS) is 15.4. The van der Waals surface area contributed by atoms with Crippen molar-refractivity contribution in [3.63, 3.8) is 0 Å². The number of anilines is 1. The Hall–Kier alpha value is -2.12. The molecule has 0 unspecified atom stereocenters. The number of hydrogen-bond donors (Lipinski definition) is 1. The molecule has 1 aromatic carbocycles. The van der Waals surface area contributed by atoms with Crippen LogP contribution >= 0.6 is 11.6 Å². The van der Waals surface area contributed by atoms with E-state index < -0.39 is 9.84 Å². The zero-order valence-electron chi connectivity index (χ0n) is 15.1. The average molecular weight is 405 g/mol. The minimum Gasteiger partial charge on any atom is -0.355 e. The van der Waals surface area contributed by atoms with E-state index in [0.717, 1.165) is 42.8 Å². The molecule has 27 heavy (non-hydrogen) atoms. The van der Waals surface area contributed by atoms with Crippen molar-refractivity contribution in [2.45, 2.75) is 36.8 Å². The second kappa shape index (κ2) is 7.13. The molecule has 1 aliphatic heterocycles. The van der Waals surface area contributed by atoms with Crippen LogP contribution in [0.1, 0.15) is 30.8 Å². The molecule has 142 valence electrons. The van der Waals surface area contributed by atoms with Gasteiger partial charge in [-0.05, 0) is 56.5 Å². The number of nitrogens with one attached hydrogen (secondary N) is 1. The van der Waals surface area contributed by atoms with Crippen LogP contribution in [0, 0.1) is 6.92 Å². The van der Waals surface area contributed by atoms with E-state index >= 15 is 0 Å². The molecule has 1 aliphatic rings. The van der Waals surface area contributed by atoms with E-state index in [1.54, 1.807) is 12.1 Å². The van der Waals surface area contributed by atoms with Crippen LogP contribution in [-0.2, 0) is 15.6 Å². The van der Waals surface area contributed by atoms with Gasteiger partial charge >= 0.3 is 0 Å². The fourth-order valence-electron chi connectivity index (χ4n) is 3.51. The molecule has 3 aromatic rings. The minimum absolute atomic E-state index is 0.122. The lowest BCUT2D eigenvalue weighted by molar-refractivity contribution is 0.574. The van der Waals surface area contributed by atoms with Crippen LogP contribution in [0.15, 0.2) is 35.2 Å². The van der Waals surface area contributed by atoms with Crippen molar-refractivity contribution < 1.29 is 8.42 Å². The van der Waals surface area contributed by atoms with Crippen LogP contribution in [0.2, 0.25) is 5.02 Å². The summed E-state index contributed by atoms with van der Waals surface area (Å²) in [5, 5.41) is 0.511. The fourth-order valence-corrected chi connectivity index (χ4v) is 4.92. The number of aromatic amines is 1. The van der Waals surface area contributed by atoms with Gasteiger partial charge in [0.05, 0.1) is 16.2 Å². The number of rotatable bonds is 4. The summed E-state index contributed by atoms with van der Waals surface area (Å²) in [7, 11) is -3.48. The summed E-state index contributed by atoms with van der Waals surface area (Å²) in [5.74, 6) is 1.44. The molecule has 1 N–H and O–H groups in total. The lowest BCUT2D eigenvalue weighted by Gasteiger charge is -2.28. The van der Waals surface area contributed by atoms with Gasteiger partial charge in [-0.2, -0.15) is 0 Å². The number of halogens is 1. The highest BCUT2D eigenvalue weighted by Gasteiger charge is 2.21. The Bertz CT molecular complexity index is 1070. The SMILES string of the molecule is Cc1nc(N2CCCCC2)c2[nH]c(CS(=O)(=O)c3ccc(Cl)cc3)cc2n1. The first-order valence-corrected chi connectivity index (χ1v) is 11.0. The van der Waals surface area contributed by atoms with Crippen molar-refractivity contribution in [2.24, 2.45) is 0 Å². The third kappa shape index (κ3) is 3.80. The van der Waals surface area contributed by atoms with Gasteiger partial charge in [0.1, 0.15) is 11.3 Å². The quantitative estimate of drug-likeness (QED) is 0.713. The van der Waals surface area contributed by atoms with E-state index in [2.05, 4.69) is 19.9 Å². The smallest absolute Gasteiger partial charge is 0.183 e. The standard InChI is InChI=1S/C19H21ClN4O2S/c1-13-21-17-11-15(12-27(25,26)16-7-5-14(20)6-8-16)23-18(17)19(22-13)24-9-3-2-4-10-24/h5-8,11,23H,2-4,9-10,12H2,1H3. The minimum atomic E-state index is -3.48. The highest BCUT2D eigenvalue weighted by molar-refractivity contribution is 7.90. The number of aromatic nitrogens is 3. The van der Waals surface area contributed by atoms with Crippen LogP contribution in [0.25, 0.3) is 11.0 Å². The Morgan fingerprint density at radius 3 is 2.52 bits per heavy atom. The fraction of sp³-hybridized carbons (Fsp3) is 0.368. The van der Waals surface area contributed by atoms with Crippen molar-refractivity contribution in [3.05, 3.63) is 46.9 Å². The topological polar surface area (TPSA) is 79.0 Å². The predicted molar refractivity (Wildman–Crippen MR) is 107 cm³/mol. The molecule has 0 atom stereocenters. The summed E-state index contributed by atoms with van der Waals surface area (Å²) in [6, 6.07) is 8.05. The van der Waals surface area contributed by atoms with Crippen LogP contribution in [-0.4, -0.2) is 36.5 Å². The lowest BCUT2D eigenvalue weighted by atomic mass is 10.1. The highest BCUT2D eigenvalue weighted by Crippen LogP contribution is 2.28. The number of nitrogens with zero attached hydrogens (tertiary/aromatic N) is 3. The van der Waals surface area contributed by atoms with Gasteiger partial charge in [0.2, 0.25) is 0 Å². The Balaban J connectivity index is 1.70. The van der Waals surface area contributed by atoms with E-state index in [9.17, 15) is 8.42 Å². The molecule has 6 nitrogen and oxygen atoms in total. The van der Waals surface area contributed by atoms with Crippen molar-refractivity contribution >= 4 is 38.3 Å². The zero-order chi connectivity index (χ0) is 19.0. The molecule has 0 bridgehead atoms. The van der Waals surface area contributed by atoms with Gasteiger partial charge in [0.25, 0.3) is 0 Å². The number of H-pyrrole nitrogens is 1. The zero-order valence-corrected chi connectivity index (χ0v) is 16.6. The van der Waals surface area contributed by atoms with Crippen LogP contribution in [0.3, 0.4) is 0 Å². The van der Waals surface area contributed by atoms with Crippen molar-refractivity contribution in [3.8, 4) is 0 Å². The highest BCUT2D eigenvalue weighted by atomic mass is 35.5. The molecule has 4 rings (SSSR count). The first kappa shape index (κ1) is 18.3. The van der Waals surface area contributed by atoms with Gasteiger partial charge in [0, 0.05) is 23.8 Å². The van der Waals surface area contributed by atoms with E-state index in [1.165, 1.54) is 18.6 Å². The van der Waals surface area contributed by atoms with Crippen LogP contribution in [0.4, 0.5) is 5.82 Å². The van der Waals surface area contributed by atoms with E-state index in [-0.39, 0.29) is 10.6 Å². The molecular weight excluding hydrogens is 384 g/mol. The van der Waals surface area contributed by atoms with Gasteiger partial charge in [-0.15, -0.1) is 0 Å². The number of sulfone groups is 1. The molecule has 0 radical (unpaired) electrons. The van der Waals surface area contributed by atoms with Gasteiger partial charge in [-0.25, -0.2) is 18.4 Å². The van der Waals surface area contributed by atoms with E-state index in [0.29, 0.717) is 16.5 Å². The van der Waals surface area contributed by atoms with Crippen molar-refractivity contribution in [1.29, 1.82) is 0 Å². The first-order chi connectivity index (χ1) is 12.9. The van der Waals surface area contributed by atoms with Crippen molar-refractivity contribution in [1.82, 2.24) is 15.0 Å². The lowest BCUT2D eigenvalue weighted by Crippen LogP contribution is -2.30. The van der Waals surface area contributed by atoms with E-state index in [1.807, 2.05) is 13.0 Å². The van der Waals surface area contributed by atoms with Crippen molar-refractivity contribution in [2.75, 3.05) is 18.0 Å². The maximum atomic E-state index is 12.7. The van der Waals surface area contributed by atoms with E-state index in [4.69, 9.17) is 11.6 Å².